The number of para-hydroxylation sites is 1. The molecular formula is C27H28N8O3S. The largest absolute Gasteiger partial charge is 0.378 e. The van der Waals surface area contributed by atoms with Gasteiger partial charge in [0.05, 0.1) is 25.3 Å². The van der Waals surface area contributed by atoms with Gasteiger partial charge in [-0.05, 0) is 12.1 Å². The van der Waals surface area contributed by atoms with Crippen molar-refractivity contribution in [1.82, 2.24) is 29.7 Å². The molecule has 5 heterocycles. The van der Waals surface area contributed by atoms with E-state index in [1.807, 2.05) is 30.5 Å². The van der Waals surface area contributed by atoms with Crippen LogP contribution < -0.4 is 4.90 Å². The number of nitroso groups, excluding NO2 is 1. The number of fused-ring (bicyclic) bond motifs is 2. The number of carbonyl (C=O) groups excluding carboxylic acids is 1. The third-order valence-electron chi connectivity index (χ3n) is 6.73. The third-order valence-corrected chi connectivity index (χ3v) is 7.66. The van der Waals surface area contributed by atoms with Gasteiger partial charge in [0.1, 0.15) is 15.4 Å². The van der Waals surface area contributed by atoms with E-state index in [4.69, 9.17) is 19.7 Å². The number of ether oxygens (including phenoxy) is 1. The Kier molecular flexibility index (Phi) is 8.31. The molecule has 0 aliphatic carbocycles. The molecule has 1 amide bonds. The fourth-order valence-corrected chi connectivity index (χ4v) is 5.71. The van der Waals surface area contributed by atoms with Crippen LogP contribution in [-0.4, -0.2) is 94.7 Å². The van der Waals surface area contributed by atoms with Crippen molar-refractivity contribution < 1.29 is 9.53 Å². The summed E-state index contributed by atoms with van der Waals surface area (Å²) in [5, 5.41) is 4.73. The first-order valence-electron chi connectivity index (χ1n) is 12.7. The fraction of sp³-hybridized carbons (Fsp3) is 0.370. The highest BCUT2D eigenvalue weighted by atomic mass is 32.1. The van der Waals surface area contributed by atoms with Gasteiger partial charge in [-0.15, -0.1) is 12.8 Å². The zero-order valence-corrected chi connectivity index (χ0v) is 22.2. The lowest BCUT2D eigenvalue weighted by atomic mass is 10.1. The van der Waals surface area contributed by atoms with Gasteiger partial charge in [0.25, 0.3) is 0 Å². The van der Waals surface area contributed by atoms with Crippen molar-refractivity contribution in [2.24, 2.45) is 5.18 Å². The molecule has 3 aromatic heterocycles. The smallest absolute Gasteiger partial charge is 0.247 e. The molecular weight excluding hydrogens is 516 g/mol. The topological polar surface area (TPSA) is 117 Å². The van der Waals surface area contributed by atoms with Crippen molar-refractivity contribution >= 4 is 44.3 Å². The summed E-state index contributed by atoms with van der Waals surface area (Å²) >= 11 is 1.58. The molecule has 0 atom stereocenters. The maximum absolute atomic E-state index is 12.0. The number of piperazine rings is 1. The summed E-state index contributed by atoms with van der Waals surface area (Å²) < 4.78 is 5.57. The minimum Gasteiger partial charge on any atom is -0.378 e. The molecule has 11 nitrogen and oxygen atoms in total. The number of hydrogen-bond donors (Lipinski definition) is 0. The second-order valence-corrected chi connectivity index (χ2v) is 10.2. The Hall–Kier alpha value is -4.05. The highest BCUT2D eigenvalue weighted by Crippen LogP contribution is 2.32. The quantitative estimate of drug-likeness (QED) is 0.267. The molecule has 0 spiro atoms. The number of terminal acetylenes is 1. The van der Waals surface area contributed by atoms with Crippen LogP contribution in [0.25, 0.3) is 32.6 Å². The lowest BCUT2D eigenvalue weighted by molar-refractivity contribution is -0.131. The number of nitrogens with zero attached hydrogens (tertiary/aromatic N) is 8. The molecule has 1 aromatic carbocycles. The highest BCUT2D eigenvalue weighted by molar-refractivity contribution is 7.18. The molecule has 0 bridgehead atoms. The monoisotopic (exact) mass is 544 g/mol. The van der Waals surface area contributed by atoms with Crippen LogP contribution in [0.5, 0.6) is 0 Å². The molecule has 6 rings (SSSR count). The van der Waals surface area contributed by atoms with Gasteiger partial charge in [-0.3, -0.25) is 14.7 Å². The minimum atomic E-state index is -0.296. The molecule has 39 heavy (non-hydrogen) atoms. The van der Waals surface area contributed by atoms with Crippen LogP contribution >= 0.6 is 11.3 Å². The number of pyridine rings is 1. The Morgan fingerprint density at radius 3 is 2.56 bits per heavy atom. The van der Waals surface area contributed by atoms with Gasteiger partial charge >= 0.3 is 0 Å². The summed E-state index contributed by atoms with van der Waals surface area (Å²) in [5.74, 6) is 1.25. The van der Waals surface area contributed by atoms with E-state index in [0.29, 0.717) is 38.7 Å². The number of benzene rings is 1. The molecule has 0 unspecified atom stereocenters. The van der Waals surface area contributed by atoms with Crippen LogP contribution in [0.15, 0.2) is 41.7 Å². The first kappa shape index (κ1) is 26.6. The van der Waals surface area contributed by atoms with Gasteiger partial charge in [0.2, 0.25) is 5.91 Å². The van der Waals surface area contributed by atoms with Gasteiger partial charge in [-0.1, -0.05) is 34.7 Å². The lowest BCUT2D eigenvalue weighted by Crippen LogP contribution is -2.48. The Morgan fingerprint density at radius 2 is 1.79 bits per heavy atom. The van der Waals surface area contributed by atoms with Crippen LogP contribution in [0, 0.1) is 17.8 Å². The van der Waals surface area contributed by atoms with Crippen molar-refractivity contribution in [3.05, 3.63) is 46.4 Å². The second kappa shape index (κ2) is 12.2. The van der Waals surface area contributed by atoms with Crippen LogP contribution in [0.2, 0.25) is 0 Å². The van der Waals surface area contributed by atoms with E-state index in [-0.39, 0.29) is 12.5 Å². The summed E-state index contributed by atoms with van der Waals surface area (Å²) in [4.78, 5) is 48.9. The van der Waals surface area contributed by atoms with Crippen molar-refractivity contribution in [2.75, 3.05) is 63.9 Å². The van der Waals surface area contributed by atoms with E-state index >= 15 is 0 Å². The average molecular weight is 545 g/mol. The maximum atomic E-state index is 12.0. The predicted octanol–water partition coefficient (Wildman–Crippen LogP) is 2.80. The molecule has 0 saturated carbocycles. The van der Waals surface area contributed by atoms with Crippen molar-refractivity contribution in [3.8, 4) is 24.2 Å². The van der Waals surface area contributed by atoms with Crippen LogP contribution in [0.1, 0.15) is 5.01 Å². The summed E-state index contributed by atoms with van der Waals surface area (Å²) in [6.07, 6.45) is 9.83. The molecule has 0 radical (unpaired) electrons. The molecule has 2 fully saturated rings. The third kappa shape index (κ3) is 5.85. The summed E-state index contributed by atoms with van der Waals surface area (Å²) in [5.41, 5.74) is 2.62. The second-order valence-electron chi connectivity index (χ2n) is 9.09. The average Bonchev–Trinajstić information content (AvgIpc) is 3.40. The number of rotatable bonds is 6. The minimum absolute atomic E-state index is 0.212. The van der Waals surface area contributed by atoms with Crippen molar-refractivity contribution in [3.63, 3.8) is 0 Å². The molecule has 0 N–H and O–H groups in total. The predicted molar refractivity (Wildman–Crippen MR) is 151 cm³/mol. The normalized spacial score (nSPS) is 16.2. The Balaban J connectivity index is 0.00000151. The molecule has 2 aliphatic heterocycles. The number of morpholine rings is 1. The number of carbonyl (C=O) groups is 1. The molecule has 200 valence electrons. The van der Waals surface area contributed by atoms with E-state index in [9.17, 15) is 9.70 Å². The Labute approximate surface area is 229 Å². The first-order chi connectivity index (χ1) is 19.2. The fourth-order valence-electron chi connectivity index (χ4n) is 4.74. The van der Waals surface area contributed by atoms with Gasteiger partial charge in [0, 0.05) is 56.4 Å². The van der Waals surface area contributed by atoms with Gasteiger partial charge < -0.3 is 14.5 Å². The van der Waals surface area contributed by atoms with Gasteiger partial charge in [-0.2, -0.15) is 4.91 Å². The maximum Gasteiger partial charge on any atom is 0.247 e. The van der Waals surface area contributed by atoms with E-state index in [0.717, 1.165) is 63.8 Å². The highest BCUT2D eigenvalue weighted by Gasteiger charge is 2.24. The number of amides is 1. The number of thiazole rings is 1. The SMILES string of the molecule is C#C.O=NCC(=O)N1CCN(Cc2nc3c(N4CCOCC4)nc(-c4cnc5ccccc5c4)nc3s2)CC1. The number of anilines is 1. The van der Waals surface area contributed by atoms with E-state index in [1.54, 1.807) is 16.2 Å². The van der Waals surface area contributed by atoms with Gasteiger partial charge in [0.15, 0.2) is 18.2 Å². The zero-order chi connectivity index (χ0) is 27.2. The van der Waals surface area contributed by atoms with Crippen LogP contribution in [0.4, 0.5) is 5.82 Å². The lowest BCUT2D eigenvalue weighted by Gasteiger charge is -2.33. The van der Waals surface area contributed by atoms with Crippen LogP contribution in [0.3, 0.4) is 0 Å². The van der Waals surface area contributed by atoms with Gasteiger partial charge in [-0.25, -0.2) is 15.0 Å². The summed E-state index contributed by atoms with van der Waals surface area (Å²) in [7, 11) is 0. The van der Waals surface area contributed by atoms with E-state index in [1.165, 1.54) is 0 Å². The Morgan fingerprint density at radius 1 is 1.03 bits per heavy atom. The summed E-state index contributed by atoms with van der Waals surface area (Å²) in [6, 6.07) is 10.1. The van der Waals surface area contributed by atoms with Crippen LogP contribution in [-0.2, 0) is 16.1 Å². The van der Waals surface area contributed by atoms with Crippen molar-refractivity contribution in [1.29, 1.82) is 0 Å². The Bertz CT molecular complexity index is 1490. The van der Waals surface area contributed by atoms with E-state index in [2.05, 4.69) is 38.9 Å². The standard InChI is InChI=1S/C25H26N8O3S.C2H2/c34-21(15-27-35)32-7-5-31(6-8-32)16-20-28-22-24(33-9-11-36-12-10-33)29-23(30-25(22)37-20)18-13-17-3-1-2-4-19(17)26-14-18;1-2/h1-4,13-14H,5-12,15-16H2;1-2H. The van der Waals surface area contributed by atoms with Crippen molar-refractivity contribution in [2.45, 2.75) is 6.54 Å². The molecule has 2 aliphatic rings. The number of hydrogen-bond acceptors (Lipinski definition) is 11. The number of aromatic nitrogens is 4. The molecule has 4 aromatic rings. The first-order valence-corrected chi connectivity index (χ1v) is 13.5. The summed E-state index contributed by atoms with van der Waals surface area (Å²) in [6.45, 7) is 5.78. The molecule has 12 heteroatoms. The van der Waals surface area contributed by atoms with E-state index < -0.39 is 0 Å². The molecule has 2 saturated heterocycles. The zero-order valence-electron chi connectivity index (χ0n) is 21.4.